The van der Waals surface area contributed by atoms with Crippen molar-refractivity contribution in [3.63, 3.8) is 0 Å². The van der Waals surface area contributed by atoms with Crippen LogP contribution < -0.4 is 14.8 Å². The van der Waals surface area contributed by atoms with Crippen LogP contribution in [0.2, 0.25) is 0 Å². The number of anilines is 1. The molecule has 0 aliphatic heterocycles. The van der Waals surface area contributed by atoms with Gasteiger partial charge in [0.1, 0.15) is 11.9 Å². The van der Waals surface area contributed by atoms with E-state index in [1.165, 1.54) is 49.6 Å². The molecule has 8 heteroatoms. The Morgan fingerprint density at radius 2 is 1.88 bits per heavy atom. The lowest BCUT2D eigenvalue weighted by Gasteiger charge is -2.12. The molecule has 26 heavy (non-hydrogen) atoms. The van der Waals surface area contributed by atoms with Gasteiger partial charge in [0.2, 0.25) is 0 Å². The van der Waals surface area contributed by atoms with Gasteiger partial charge in [-0.1, -0.05) is 0 Å². The van der Waals surface area contributed by atoms with Gasteiger partial charge >= 0.3 is 5.97 Å². The summed E-state index contributed by atoms with van der Waals surface area (Å²) in [7, 11) is 1.38. The van der Waals surface area contributed by atoms with Crippen LogP contribution >= 0.6 is 0 Å². The van der Waals surface area contributed by atoms with Crippen LogP contribution in [-0.2, 0) is 9.53 Å². The van der Waals surface area contributed by atoms with Crippen LogP contribution in [0.5, 0.6) is 11.5 Å². The first-order valence-electron chi connectivity index (χ1n) is 7.44. The fraction of sp³-hybridized carbons (Fsp3) is 0.167. The molecule has 0 radical (unpaired) electrons. The van der Waals surface area contributed by atoms with Gasteiger partial charge in [-0.05, 0) is 42.5 Å². The number of ether oxygens (including phenoxy) is 3. The summed E-state index contributed by atoms with van der Waals surface area (Å²) in [5, 5.41) is 11.0. The molecule has 0 aliphatic rings. The Morgan fingerprint density at radius 1 is 1.15 bits per heavy atom. The third kappa shape index (κ3) is 5.21. The molecular formula is C18H15FN2O5. The van der Waals surface area contributed by atoms with Crippen LogP contribution in [0.1, 0.15) is 10.4 Å². The van der Waals surface area contributed by atoms with Gasteiger partial charge < -0.3 is 19.5 Å². The fourth-order valence-corrected chi connectivity index (χ4v) is 1.97. The number of methoxy groups -OCH3 is 1. The Morgan fingerprint density at radius 3 is 2.54 bits per heavy atom. The van der Waals surface area contributed by atoms with E-state index in [0.717, 1.165) is 0 Å². The molecule has 2 aromatic carbocycles. The molecule has 0 unspecified atom stereocenters. The Balaban J connectivity index is 1.98. The molecule has 2 aromatic rings. The van der Waals surface area contributed by atoms with Crippen molar-refractivity contribution in [3.05, 3.63) is 53.8 Å². The number of carbonyl (C=O) groups excluding carboxylic acids is 2. The van der Waals surface area contributed by atoms with Gasteiger partial charge in [0, 0.05) is 5.69 Å². The van der Waals surface area contributed by atoms with Crippen LogP contribution in [0.4, 0.5) is 10.1 Å². The standard InChI is InChI=1S/C18H15FN2O5/c1-24-16-10-12(18(23)25-9-8-20)2-7-15(16)26-11-17(22)21-14-5-3-13(19)4-6-14/h2-7,10H,9,11H2,1H3,(H,21,22). The van der Waals surface area contributed by atoms with Crippen molar-refractivity contribution in [1.29, 1.82) is 5.26 Å². The third-order valence-electron chi connectivity index (χ3n) is 3.15. The number of nitrogens with zero attached hydrogens (tertiary/aromatic N) is 1. The number of carbonyl (C=O) groups is 2. The summed E-state index contributed by atoms with van der Waals surface area (Å²) in [5.41, 5.74) is 0.614. The normalized spacial score (nSPS) is 9.73. The van der Waals surface area contributed by atoms with E-state index < -0.39 is 17.7 Å². The summed E-state index contributed by atoms with van der Waals surface area (Å²) in [6, 6.07) is 11.3. The van der Waals surface area contributed by atoms with Crippen molar-refractivity contribution in [3.8, 4) is 17.6 Å². The van der Waals surface area contributed by atoms with Crippen molar-refractivity contribution in [2.45, 2.75) is 0 Å². The van der Waals surface area contributed by atoms with Crippen molar-refractivity contribution in [2.75, 3.05) is 25.6 Å². The molecule has 0 spiro atoms. The van der Waals surface area contributed by atoms with E-state index in [0.29, 0.717) is 5.69 Å². The topological polar surface area (TPSA) is 97.7 Å². The van der Waals surface area contributed by atoms with E-state index in [4.69, 9.17) is 19.5 Å². The van der Waals surface area contributed by atoms with Crippen LogP contribution in [0.25, 0.3) is 0 Å². The molecule has 1 N–H and O–H groups in total. The molecule has 2 rings (SSSR count). The zero-order chi connectivity index (χ0) is 18.9. The summed E-state index contributed by atoms with van der Waals surface area (Å²) in [5.74, 6) is -1.05. The number of hydrogen-bond acceptors (Lipinski definition) is 6. The maximum absolute atomic E-state index is 12.8. The van der Waals surface area contributed by atoms with Gasteiger partial charge in [-0.3, -0.25) is 4.79 Å². The lowest BCUT2D eigenvalue weighted by atomic mass is 10.2. The molecule has 0 saturated heterocycles. The van der Waals surface area contributed by atoms with Gasteiger partial charge in [-0.15, -0.1) is 0 Å². The van der Waals surface area contributed by atoms with Gasteiger partial charge in [-0.2, -0.15) is 5.26 Å². The smallest absolute Gasteiger partial charge is 0.339 e. The van der Waals surface area contributed by atoms with E-state index in [1.807, 2.05) is 0 Å². The van der Waals surface area contributed by atoms with Crippen molar-refractivity contribution in [2.24, 2.45) is 0 Å². The first-order valence-corrected chi connectivity index (χ1v) is 7.44. The number of amides is 1. The zero-order valence-electron chi connectivity index (χ0n) is 13.8. The SMILES string of the molecule is COc1cc(C(=O)OCC#N)ccc1OCC(=O)Nc1ccc(F)cc1. The number of benzene rings is 2. The number of nitrogens with one attached hydrogen (secondary N) is 1. The number of esters is 1. The molecule has 0 atom stereocenters. The first kappa shape index (κ1) is 18.7. The Hall–Kier alpha value is -3.60. The number of hydrogen-bond donors (Lipinski definition) is 1. The molecule has 0 bridgehead atoms. The first-order chi connectivity index (χ1) is 12.5. The van der Waals surface area contributed by atoms with Crippen LogP contribution in [0.3, 0.4) is 0 Å². The molecule has 134 valence electrons. The highest BCUT2D eigenvalue weighted by Gasteiger charge is 2.13. The minimum atomic E-state index is -0.676. The molecule has 0 heterocycles. The third-order valence-corrected chi connectivity index (χ3v) is 3.15. The summed E-state index contributed by atoms with van der Waals surface area (Å²) < 4.78 is 28.1. The molecular weight excluding hydrogens is 343 g/mol. The quantitative estimate of drug-likeness (QED) is 0.764. The van der Waals surface area contributed by atoms with Crippen molar-refractivity contribution < 1.29 is 28.2 Å². The van der Waals surface area contributed by atoms with Crippen LogP contribution in [-0.4, -0.2) is 32.2 Å². The minimum Gasteiger partial charge on any atom is -0.493 e. The second-order valence-electron chi connectivity index (χ2n) is 4.94. The monoisotopic (exact) mass is 358 g/mol. The van der Waals surface area contributed by atoms with E-state index in [9.17, 15) is 14.0 Å². The zero-order valence-corrected chi connectivity index (χ0v) is 13.8. The lowest BCUT2D eigenvalue weighted by molar-refractivity contribution is -0.118. The molecule has 7 nitrogen and oxygen atoms in total. The average Bonchev–Trinajstić information content (AvgIpc) is 2.66. The maximum atomic E-state index is 12.8. The van der Waals surface area contributed by atoms with E-state index in [-0.39, 0.29) is 30.3 Å². The Kier molecular flexibility index (Phi) is 6.51. The van der Waals surface area contributed by atoms with Crippen LogP contribution in [0, 0.1) is 17.1 Å². The predicted molar refractivity (Wildman–Crippen MR) is 89.4 cm³/mol. The van der Waals surface area contributed by atoms with E-state index >= 15 is 0 Å². The predicted octanol–water partition coefficient (Wildman–Crippen LogP) is 2.53. The van der Waals surface area contributed by atoms with E-state index in [1.54, 1.807) is 6.07 Å². The van der Waals surface area contributed by atoms with Crippen molar-refractivity contribution in [1.82, 2.24) is 0 Å². The van der Waals surface area contributed by atoms with Gasteiger partial charge in [0.25, 0.3) is 5.91 Å². The summed E-state index contributed by atoms with van der Waals surface area (Å²) >= 11 is 0. The maximum Gasteiger partial charge on any atom is 0.339 e. The summed E-state index contributed by atoms with van der Waals surface area (Å²) in [4.78, 5) is 23.6. The average molecular weight is 358 g/mol. The Labute approximate surface area is 148 Å². The highest BCUT2D eigenvalue weighted by Crippen LogP contribution is 2.28. The number of halogens is 1. The van der Waals surface area contributed by atoms with Crippen LogP contribution in [0.15, 0.2) is 42.5 Å². The largest absolute Gasteiger partial charge is 0.493 e. The lowest BCUT2D eigenvalue weighted by Crippen LogP contribution is -2.20. The summed E-state index contributed by atoms with van der Waals surface area (Å²) in [6.45, 7) is -0.672. The fourth-order valence-electron chi connectivity index (χ4n) is 1.97. The highest BCUT2D eigenvalue weighted by atomic mass is 19.1. The number of nitriles is 1. The van der Waals surface area contributed by atoms with Gasteiger partial charge in [0.15, 0.2) is 24.7 Å². The van der Waals surface area contributed by atoms with Crippen molar-refractivity contribution >= 4 is 17.6 Å². The van der Waals surface area contributed by atoms with E-state index in [2.05, 4.69) is 5.32 Å². The molecule has 1 amide bonds. The summed E-state index contributed by atoms with van der Waals surface area (Å²) in [6.07, 6.45) is 0. The molecule has 0 aromatic heterocycles. The van der Waals surface area contributed by atoms with Gasteiger partial charge in [-0.25, -0.2) is 9.18 Å². The minimum absolute atomic E-state index is 0.181. The van der Waals surface area contributed by atoms with Gasteiger partial charge in [0.05, 0.1) is 12.7 Å². The molecule has 0 aliphatic carbocycles. The number of rotatable bonds is 7. The Bertz CT molecular complexity index is 830. The molecule has 0 saturated carbocycles. The molecule has 0 fully saturated rings. The second kappa shape index (κ2) is 9.03. The highest BCUT2D eigenvalue weighted by molar-refractivity contribution is 5.92. The second-order valence-corrected chi connectivity index (χ2v) is 4.94.